The monoisotopic (exact) mass is 261 g/mol. The first-order valence-corrected chi connectivity index (χ1v) is 5.73. The number of anilines is 2. The molecule has 0 saturated carbocycles. The number of nitrogens with two attached hydrogens (primary N) is 1. The molecule has 0 unspecified atom stereocenters. The summed E-state index contributed by atoms with van der Waals surface area (Å²) in [5.74, 6) is 0.128. The predicted octanol–water partition coefficient (Wildman–Crippen LogP) is 0.767. The van der Waals surface area contributed by atoms with Crippen LogP contribution in [0.1, 0.15) is 10.4 Å². The van der Waals surface area contributed by atoms with Crippen molar-refractivity contribution in [2.24, 2.45) is 5.73 Å². The summed E-state index contributed by atoms with van der Waals surface area (Å²) in [4.78, 5) is 15.0. The van der Waals surface area contributed by atoms with Crippen molar-refractivity contribution in [2.75, 3.05) is 19.0 Å². The van der Waals surface area contributed by atoms with Gasteiger partial charge in [0.15, 0.2) is 0 Å². The standard InChI is InChI=1S/C12H15N5O2/c1-19-5-4-17-8-10(7-15-17)16-11-3-2-9(6-14-11)12(13)18/h2-3,6-8H,4-5H2,1H3,(H2,13,18)(H,14,16). The molecule has 0 spiro atoms. The summed E-state index contributed by atoms with van der Waals surface area (Å²) in [5, 5.41) is 7.25. The Kier molecular flexibility index (Phi) is 4.09. The molecule has 2 aromatic heterocycles. The van der Waals surface area contributed by atoms with Crippen molar-refractivity contribution in [3.8, 4) is 0 Å². The summed E-state index contributed by atoms with van der Waals surface area (Å²) in [6, 6.07) is 3.31. The molecule has 0 fully saturated rings. The van der Waals surface area contributed by atoms with Gasteiger partial charge in [0.2, 0.25) is 5.91 Å². The quantitative estimate of drug-likeness (QED) is 0.800. The molecule has 0 radical (unpaired) electrons. The summed E-state index contributed by atoms with van der Waals surface area (Å²) < 4.78 is 6.74. The molecular weight excluding hydrogens is 246 g/mol. The van der Waals surface area contributed by atoms with E-state index in [4.69, 9.17) is 10.5 Å². The second-order valence-electron chi connectivity index (χ2n) is 3.91. The zero-order valence-electron chi connectivity index (χ0n) is 10.5. The fourth-order valence-corrected chi connectivity index (χ4v) is 1.50. The molecule has 0 aliphatic heterocycles. The first kappa shape index (κ1) is 13.0. The highest BCUT2D eigenvalue weighted by Crippen LogP contribution is 2.13. The number of carbonyl (C=O) groups excluding carboxylic acids is 1. The largest absolute Gasteiger partial charge is 0.383 e. The average molecular weight is 261 g/mol. The fraction of sp³-hybridized carbons (Fsp3) is 0.250. The molecule has 2 aromatic rings. The van der Waals surface area contributed by atoms with E-state index in [-0.39, 0.29) is 0 Å². The third-order valence-electron chi connectivity index (χ3n) is 2.48. The summed E-state index contributed by atoms with van der Waals surface area (Å²) in [6.45, 7) is 1.29. The summed E-state index contributed by atoms with van der Waals surface area (Å²) in [7, 11) is 1.65. The lowest BCUT2D eigenvalue weighted by atomic mass is 10.3. The Morgan fingerprint density at radius 1 is 1.47 bits per heavy atom. The molecule has 7 nitrogen and oxygen atoms in total. The van der Waals surface area contributed by atoms with E-state index < -0.39 is 5.91 Å². The molecule has 0 saturated heterocycles. The zero-order valence-corrected chi connectivity index (χ0v) is 10.5. The summed E-state index contributed by atoms with van der Waals surface area (Å²) in [6.07, 6.45) is 4.97. The van der Waals surface area contributed by atoms with Crippen LogP contribution in [-0.2, 0) is 11.3 Å². The minimum atomic E-state index is -0.494. The van der Waals surface area contributed by atoms with Crippen LogP contribution < -0.4 is 11.1 Å². The number of hydrogen-bond donors (Lipinski definition) is 2. The number of methoxy groups -OCH3 is 1. The molecule has 0 bridgehead atoms. The maximum atomic E-state index is 10.9. The number of primary amides is 1. The number of hydrogen-bond acceptors (Lipinski definition) is 5. The van der Waals surface area contributed by atoms with Gasteiger partial charge in [-0.1, -0.05) is 0 Å². The van der Waals surface area contributed by atoms with Crippen molar-refractivity contribution in [3.05, 3.63) is 36.3 Å². The van der Waals surface area contributed by atoms with Crippen molar-refractivity contribution in [3.63, 3.8) is 0 Å². The van der Waals surface area contributed by atoms with Gasteiger partial charge in [-0.05, 0) is 12.1 Å². The molecule has 100 valence electrons. The molecule has 2 rings (SSSR count). The summed E-state index contributed by atoms with van der Waals surface area (Å²) in [5.41, 5.74) is 6.33. The van der Waals surface area contributed by atoms with Gasteiger partial charge < -0.3 is 15.8 Å². The van der Waals surface area contributed by atoms with Gasteiger partial charge in [-0.2, -0.15) is 5.10 Å². The van der Waals surface area contributed by atoms with Gasteiger partial charge in [0.05, 0.1) is 30.6 Å². The zero-order chi connectivity index (χ0) is 13.7. The van der Waals surface area contributed by atoms with E-state index in [1.807, 2.05) is 6.20 Å². The highest BCUT2D eigenvalue weighted by atomic mass is 16.5. The minimum absolute atomic E-state index is 0.376. The first-order chi connectivity index (χ1) is 9.19. The van der Waals surface area contributed by atoms with Crippen LogP contribution in [0.25, 0.3) is 0 Å². The number of amides is 1. The molecule has 7 heteroatoms. The third-order valence-corrected chi connectivity index (χ3v) is 2.48. The van der Waals surface area contributed by atoms with E-state index in [1.165, 1.54) is 6.20 Å². The van der Waals surface area contributed by atoms with Crippen LogP contribution in [0.5, 0.6) is 0 Å². The minimum Gasteiger partial charge on any atom is -0.383 e. The molecule has 0 atom stereocenters. The lowest BCUT2D eigenvalue weighted by molar-refractivity contribution is 0.1000. The topological polar surface area (TPSA) is 95.1 Å². The van der Waals surface area contributed by atoms with E-state index >= 15 is 0 Å². The van der Waals surface area contributed by atoms with Crippen LogP contribution in [0.15, 0.2) is 30.7 Å². The lowest BCUT2D eigenvalue weighted by Gasteiger charge is -2.02. The van der Waals surface area contributed by atoms with Crippen molar-refractivity contribution in [1.82, 2.24) is 14.8 Å². The number of pyridine rings is 1. The Labute approximate surface area is 110 Å². The molecule has 0 aromatic carbocycles. The van der Waals surface area contributed by atoms with Gasteiger partial charge in [-0.25, -0.2) is 4.98 Å². The Bertz CT molecular complexity index is 550. The van der Waals surface area contributed by atoms with Crippen LogP contribution in [0.4, 0.5) is 11.5 Å². The molecule has 0 aliphatic carbocycles. The number of aromatic nitrogens is 3. The molecule has 19 heavy (non-hydrogen) atoms. The smallest absolute Gasteiger partial charge is 0.250 e. The summed E-state index contributed by atoms with van der Waals surface area (Å²) >= 11 is 0. The van der Waals surface area contributed by atoms with Crippen molar-refractivity contribution in [1.29, 1.82) is 0 Å². The van der Waals surface area contributed by atoms with E-state index in [0.717, 1.165) is 5.69 Å². The highest BCUT2D eigenvalue weighted by molar-refractivity contribution is 5.92. The van der Waals surface area contributed by atoms with Gasteiger partial charge in [0, 0.05) is 19.5 Å². The van der Waals surface area contributed by atoms with E-state index in [0.29, 0.717) is 24.5 Å². The fourth-order valence-electron chi connectivity index (χ4n) is 1.50. The van der Waals surface area contributed by atoms with Crippen LogP contribution in [0.3, 0.4) is 0 Å². The van der Waals surface area contributed by atoms with Gasteiger partial charge in [0.1, 0.15) is 5.82 Å². The Balaban J connectivity index is 2.00. The van der Waals surface area contributed by atoms with Crippen molar-refractivity contribution >= 4 is 17.4 Å². The predicted molar refractivity (Wildman–Crippen MR) is 70.1 cm³/mol. The van der Waals surface area contributed by atoms with Crippen molar-refractivity contribution < 1.29 is 9.53 Å². The molecule has 2 heterocycles. The van der Waals surface area contributed by atoms with Crippen LogP contribution in [-0.4, -0.2) is 34.4 Å². The van der Waals surface area contributed by atoms with E-state index in [2.05, 4.69) is 15.4 Å². The second kappa shape index (κ2) is 5.96. The maximum absolute atomic E-state index is 10.9. The normalized spacial score (nSPS) is 10.4. The van der Waals surface area contributed by atoms with Gasteiger partial charge in [-0.3, -0.25) is 9.48 Å². The number of carbonyl (C=O) groups is 1. The Morgan fingerprint density at radius 3 is 2.95 bits per heavy atom. The molecule has 0 aliphatic rings. The maximum Gasteiger partial charge on any atom is 0.250 e. The third kappa shape index (κ3) is 3.52. The lowest BCUT2D eigenvalue weighted by Crippen LogP contribution is -2.11. The van der Waals surface area contributed by atoms with Crippen LogP contribution in [0, 0.1) is 0 Å². The van der Waals surface area contributed by atoms with Gasteiger partial charge >= 0.3 is 0 Å². The molecule has 1 amide bonds. The number of ether oxygens (including phenoxy) is 1. The highest BCUT2D eigenvalue weighted by Gasteiger charge is 2.03. The number of rotatable bonds is 6. The van der Waals surface area contributed by atoms with E-state index in [9.17, 15) is 4.79 Å². The molecule has 3 N–H and O–H groups in total. The van der Waals surface area contributed by atoms with Crippen molar-refractivity contribution in [2.45, 2.75) is 6.54 Å². The number of nitrogens with one attached hydrogen (secondary N) is 1. The molecular formula is C12H15N5O2. The SMILES string of the molecule is COCCn1cc(Nc2ccc(C(N)=O)cn2)cn1. The van der Waals surface area contributed by atoms with Crippen LogP contribution >= 0.6 is 0 Å². The van der Waals surface area contributed by atoms with Crippen LogP contribution in [0.2, 0.25) is 0 Å². The Hall–Kier alpha value is -2.41. The average Bonchev–Trinajstić information content (AvgIpc) is 2.84. The number of nitrogens with zero attached hydrogens (tertiary/aromatic N) is 3. The van der Waals surface area contributed by atoms with Gasteiger partial charge in [0.25, 0.3) is 0 Å². The first-order valence-electron chi connectivity index (χ1n) is 5.73. The Morgan fingerprint density at radius 2 is 2.32 bits per heavy atom. The van der Waals surface area contributed by atoms with E-state index in [1.54, 1.807) is 30.1 Å². The van der Waals surface area contributed by atoms with Gasteiger partial charge in [-0.15, -0.1) is 0 Å². The second-order valence-corrected chi connectivity index (χ2v) is 3.91.